The fourth-order valence-corrected chi connectivity index (χ4v) is 5.85. The molecule has 1 saturated heterocycles. The van der Waals surface area contributed by atoms with E-state index in [9.17, 15) is 5.11 Å². The molecule has 3 atom stereocenters. The first-order chi connectivity index (χ1) is 14.2. The molecule has 5 rings (SSSR count). The number of benzene rings is 1. The largest absolute Gasteiger partial charge is 0.384 e. The number of halogens is 1. The van der Waals surface area contributed by atoms with Crippen LogP contribution in [0.5, 0.6) is 0 Å². The number of aryl methyl sites for hydroxylation is 2. The molecule has 1 N–H and O–H groups in total. The third-order valence-electron chi connectivity index (χ3n) is 6.97. The highest BCUT2D eigenvalue weighted by Gasteiger charge is 2.47. The second kappa shape index (κ2) is 6.63. The monoisotopic (exact) mass is 407 g/mol. The average molecular weight is 408 g/mol. The van der Waals surface area contributed by atoms with Gasteiger partial charge in [-0.1, -0.05) is 17.7 Å². The van der Waals surface area contributed by atoms with E-state index in [0.717, 1.165) is 52.7 Å². The van der Waals surface area contributed by atoms with Crippen molar-refractivity contribution in [1.29, 1.82) is 0 Å². The lowest BCUT2D eigenvalue weighted by molar-refractivity contribution is 0.0288. The third-order valence-corrected chi connectivity index (χ3v) is 6.97. The van der Waals surface area contributed by atoms with Crippen LogP contribution >= 0.6 is 0 Å². The fraction of sp³-hybridized carbons (Fsp3) is 0.480. The van der Waals surface area contributed by atoms with Gasteiger partial charge in [-0.2, -0.15) is 0 Å². The molecule has 2 aromatic heterocycles. The topological polar surface area (TPSA) is 41.3 Å². The first kappa shape index (κ1) is 19.7. The maximum absolute atomic E-state index is 16.3. The molecule has 0 amide bonds. The van der Waals surface area contributed by atoms with E-state index < -0.39 is 11.3 Å². The van der Waals surface area contributed by atoms with E-state index >= 15 is 4.39 Å². The van der Waals surface area contributed by atoms with Gasteiger partial charge < -0.3 is 9.67 Å². The predicted molar refractivity (Wildman–Crippen MR) is 117 cm³/mol. The summed E-state index contributed by atoms with van der Waals surface area (Å²) in [5.74, 6) is 0. The highest BCUT2D eigenvalue weighted by molar-refractivity contribution is 5.90. The summed E-state index contributed by atoms with van der Waals surface area (Å²) in [5, 5.41) is 12.6. The Morgan fingerprint density at radius 2 is 2.13 bits per heavy atom. The Labute approximate surface area is 177 Å². The standard InChI is InChI=1S/C25H30FN3O/c1-16-11-17(2)22-19(12-16)21-20-8-6-10-28(20)14-24(3,26)23(21)29(22)15-25(4,30)18-7-5-9-27-13-18/h5,7,9,11-13,20,30H,6,8,10,14-15H2,1-4H3. The van der Waals surface area contributed by atoms with Crippen molar-refractivity contribution in [2.75, 3.05) is 13.1 Å². The SMILES string of the molecule is Cc1cc(C)c2c(c1)c1c(n2CC(C)(O)c2cccnc2)C(C)(F)CN2CCCC12. The number of aromatic nitrogens is 2. The molecule has 1 aromatic carbocycles. The number of fused-ring (bicyclic) bond motifs is 5. The van der Waals surface area contributed by atoms with Gasteiger partial charge >= 0.3 is 0 Å². The molecule has 0 radical (unpaired) electrons. The fourth-order valence-electron chi connectivity index (χ4n) is 5.85. The summed E-state index contributed by atoms with van der Waals surface area (Å²) >= 11 is 0. The van der Waals surface area contributed by atoms with E-state index in [1.54, 1.807) is 26.2 Å². The summed E-state index contributed by atoms with van der Waals surface area (Å²) in [7, 11) is 0. The van der Waals surface area contributed by atoms with Gasteiger partial charge in [0.15, 0.2) is 5.67 Å². The molecule has 0 saturated carbocycles. The highest BCUT2D eigenvalue weighted by Crippen LogP contribution is 2.50. The molecule has 0 aliphatic carbocycles. The number of hydrogen-bond donors (Lipinski definition) is 1. The zero-order chi connectivity index (χ0) is 21.3. The minimum absolute atomic E-state index is 0.261. The maximum atomic E-state index is 16.3. The molecule has 30 heavy (non-hydrogen) atoms. The van der Waals surface area contributed by atoms with Gasteiger partial charge in [0, 0.05) is 41.5 Å². The Morgan fingerprint density at radius 1 is 1.33 bits per heavy atom. The normalized spacial score (nSPS) is 25.9. The van der Waals surface area contributed by atoms with E-state index in [-0.39, 0.29) is 6.04 Å². The van der Waals surface area contributed by atoms with E-state index in [1.807, 2.05) is 12.1 Å². The van der Waals surface area contributed by atoms with Crippen LogP contribution in [0.1, 0.15) is 60.7 Å². The lowest BCUT2D eigenvalue weighted by Gasteiger charge is -2.39. The summed E-state index contributed by atoms with van der Waals surface area (Å²) < 4.78 is 18.3. The zero-order valence-corrected chi connectivity index (χ0v) is 18.2. The van der Waals surface area contributed by atoms with Crippen molar-refractivity contribution < 1.29 is 9.50 Å². The van der Waals surface area contributed by atoms with Gasteiger partial charge in [-0.05, 0) is 64.8 Å². The van der Waals surface area contributed by atoms with Crippen LogP contribution in [-0.2, 0) is 17.8 Å². The Hall–Kier alpha value is -2.24. The second-order valence-electron chi connectivity index (χ2n) is 9.67. The van der Waals surface area contributed by atoms with Crippen molar-refractivity contribution in [2.24, 2.45) is 0 Å². The van der Waals surface area contributed by atoms with Gasteiger partial charge in [-0.3, -0.25) is 9.88 Å². The van der Waals surface area contributed by atoms with Crippen LogP contribution in [0.3, 0.4) is 0 Å². The zero-order valence-electron chi connectivity index (χ0n) is 18.2. The van der Waals surface area contributed by atoms with Crippen molar-refractivity contribution in [3.8, 4) is 0 Å². The number of alkyl halides is 1. The molecule has 2 aliphatic heterocycles. The molecule has 0 spiro atoms. The molecule has 158 valence electrons. The maximum Gasteiger partial charge on any atom is 0.160 e. The Bertz CT molecular complexity index is 1120. The first-order valence-electron chi connectivity index (χ1n) is 10.9. The first-order valence-corrected chi connectivity index (χ1v) is 10.9. The molecule has 3 aromatic rings. The third kappa shape index (κ3) is 2.90. The van der Waals surface area contributed by atoms with Crippen LogP contribution in [0.25, 0.3) is 10.9 Å². The smallest absolute Gasteiger partial charge is 0.160 e. The molecule has 1 fully saturated rings. The van der Waals surface area contributed by atoms with Crippen molar-refractivity contribution in [3.63, 3.8) is 0 Å². The van der Waals surface area contributed by atoms with Crippen LogP contribution in [0.2, 0.25) is 0 Å². The Morgan fingerprint density at radius 3 is 2.87 bits per heavy atom. The lowest BCUT2D eigenvalue weighted by atomic mass is 9.87. The van der Waals surface area contributed by atoms with Crippen LogP contribution in [0.15, 0.2) is 36.7 Å². The number of hydrogen-bond acceptors (Lipinski definition) is 3. The molecular formula is C25H30FN3O. The Kier molecular flexibility index (Phi) is 4.35. The minimum Gasteiger partial charge on any atom is -0.384 e. The molecule has 5 heteroatoms. The quantitative estimate of drug-likeness (QED) is 0.672. The summed E-state index contributed by atoms with van der Waals surface area (Å²) in [4.78, 5) is 6.49. The van der Waals surface area contributed by atoms with Crippen molar-refractivity contribution in [3.05, 3.63) is 64.6 Å². The summed E-state index contributed by atoms with van der Waals surface area (Å²) in [6, 6.07) is 8.34. The number of rotatable bonds is 3. The number of nitrogens with zero attached hydrogens (tertiary/aromatic N) is 3. The molecule has 2 aliphatic rings. The van der Waals surface area contributed by atoms with Gasteiger partial charge in [0.2, 0.25) is 0 Å². The molecule has 4 nitrogen and oxygen atoms in total. The van der Waals surface area contributed by atoms with Gasteiger partial charge in [-0.15, -0.1) is 0 Å². The average Bonchev–Trinajstić information content (AvgIpc) is 3.24. The van der Waals surface area contributed by atoms with Gasteiger partial charge in [0.1, 0.15) is 5.60 Å². The van der Waals surface area contributed by atoms with Gasteiger partial charge in [0.25, 0.3) is 0 Å². The van der Waals surface area contributed by atoms with E-state index in [2.05, 4.69) is 40.4 Å². The lowest BCUT2D eigenvalue weighted by Crippen LogP contribution is -2.43. The number of pyridine rings is 1. The summed E-state index contributed by atoms with van der Waals surface area (Å²) in [6.45, 7) is 9.36. The van der Waals surface area contributed by atoms with E-state index in [1.165, 1.54) is 5.56 Å². The van der Waals surface area contributed by atoms with Crippen LogP contribution in [0.4, 0.5) is 4.39 Å². The summed E-state index contributed by atoms with van der Waals surface area (Å²) in [5.41, 5.74) is 3.36. The molecule has 0 bridgehead atoms. The van der Waals surface area contributed by atoms with E-state index in [0.29, 0.717) is 13.1 Å². The van der Waals surface area contributed by atoms with Crippen LogP contribution in [0, 0.1) is 13.8 Å². The number of aliphatic hydroxyl groups is 1. The highest BCUT2D eigenvalue weighted by atomic mass is 19.1. The second-order valence-corrected chi connectivity index (χ2v) is 9.67. The molecule has 3 unspecified atom stereocenters. The Balaban J connectivity index is 1.79. The molecular weight excluding hydrogens is 377 g/mol. The van der Waals surface area contributed by atoms with E-state index in [4.69, 9.17) is 0 Å². The van der Waals surface area contributed by atoms with Gasteiger partial charge in [-0.25, -0.2) is 4.39 Å². The van der Waals surface area contributed by atoms with Gasteiger partial charge in [0.05, 0.1) is 17.8 Å². The van der Waals surface area contributed by atoms with Crippen molar-refractivity contribution in [2.45, 2.75) is 64.4 Å². The molecule has 4 heterocycles. The van der Waals surface area contributed by atoms with Crippen molar-refractivity contribution in [1.82, 2.24) is 14.5 Å². The van der Waals surface area contributed by atoms with Crippen LogP contribution < -0.4 is 0 Å². The predicted octanol–water partition coefficient (Wildman–Crippen LogP) is 4.90. The summed E-state index contributed by atoms with van der Waals surface area (Å²) in [6.07, 6.45) is 5.56. The minimum atomic E-state index is -1.47. The van der Waals surface area contributed by atoms with Crippen LogP contribution in [-0.4, -0.2) is 32.6 Å². The van der Waals surface area contributed by atoms with Crippen molar-refractivity contribution >= 4 is 10.9 Å².